The van der Waals surface area contributed by atoms with Crippen molar-refractivity contribution in [3.8, 4) is 0 Å². The smallest absolute Gasteiger partial charge is 0.302 e. The van der Waals surface area contributed by atoms with Crippen molar-refractivity contribution in [2.45, 2.75) is 105 Å². The minimum absolute atomic E-state index is 0.0190. The van der Waals surface area contributed by atoms with E-state index < -0.39 is 11.5 Å². The topological polar surface area (TPSA) is 87.0 Å². The fraction of sp³-hybridized carbons (Fsp3) is 0.906. The highest BCUT2D eigenvalue weighted by Crippen LogP contribution is 2.77. The molecule has 0 heterocycles. The van der Waals surface area contributed by atoms with Crippen LogP contribution in [0.2, 0.25) is 0 Å². The van der Waals surface area contributed by atoms with Crippen LogP contribution in [0.3, 0.4) is 0 Å². The predicted octanol–water partition coefficient (Wildman–Crippen LogP) is 5.51. The van der Waals surface area contributed by atoms with Crippen LogP contribution in [0, 0.1) is 56.7 Å². The fourth-order valence-corrected chi connectivity index (χ4v) is 11.8. The Morgan fingerprint density at radius 2 is 1.62 bits per heavy atom. The lowest BCUT2D eigenvalue weighted by Gasteiger charge is -2.73. The number of fused-ring (bicyclic) bond motifs is 7. The SMILES string of the molecule is C=C(CO)[C@@H]1CC[C@]2(CO)CC[C@]3(C)[C@H](CC[C@@H]4[C@@]5(C)CCC(O)[C@@](C)(COC(C)=O)[C@@H]5CC[C@]43C)[C@@H]12. The highest BCUT2D eigenvalue weighted by Gasteiger charge is 2.71. The molecule has 5 rings (SSSR count). The Hall–Kier alpha value is -0.910. The quantitative estimate of drug-likeness (QED) is 0.331. The lowest BCUT2D eigenvalue weighted by molar-refractivity contribution is -0.256. The summed E-state index contributed by atoms with van der Waals surface area (Å²) in [5.74, 6) is 1.88. The average Bonchev–Trinajstić information content (AvgIpc) is 3.25. The van der Waals surface area contributed by atoms with Gasteiger partial charge in [-0.1, -0.05) is 34.3 Å². The summed E-state index contributed by atoms with van der Waals surface area (Å²) in [6.45, 7) is 16.2. The third-order valence-electron chi connectivity index (χ3n) is 14.0. The first-order valence-corrected chi connectivity index (χ1v) is 15.0. The van der Waals surface area contributed by atoms with Gasteiger partial charge in [0.1, 0.15) is 0 Å². The highest BCUT2D eigenvalue weighted by molar-refractivity contribution is 5.65. The zero-order valence-electron chi connectivity index (χ0n) is 24.0. The number of carbonyl (C=O) groups excluding carboxylic acids is 1. The second-order valence-electron chi connectivity index (χ2n) is 15.0. The van der Waals surface area contributed by atoms with Crippen LogP contribution in [0.5, 0.6) is 0 Å². The normalized spacial score (nSPS) is 52.9. The molecule has 5 saturated carbocycles. The van der Waals surface area contributed by atoms with E-state index in [2.05, 4.69) is 34.3 Å². The molecule has 5 fully saturated rings. The molecule has 0 aromatic heterocycles. The van der Waals surface area contributed by atoms with Gasteiger partial charge in [0.15, 0.2) is 0 Å². The molecule has 0 aliphatic heterocycles. The van der Waals surface area contributed by atoms with Crippen LogP contribution in [0.15, 0.2) is 12.2 Å². The van der Waals surface area contributed by atoms with Crippen LogP contribution in [-0.2, 0) is 9.53 Å². The van der Waals surface area contributed by atoms with Crippen molar-refractivity contribution in [2.75, 3.05) is 19.8 Å². The summed E-state index contributed by atoms with van der Waals surface area (Å²) in [6, 6.07) is 0. The van der Waals surface area contributed by atoms with Crippen molar-refractivity contribution >= 4 is 5.97 Å². The monoisotopic (exact) mass is 516 g/mol. The highest BCUT2D eigenvalue weighted by atomic mass is 16.5. The third kappa shape index (κ3) is 3.62. The van der Waals surface area contributed by atoms with Crippen molar-refractivity contribution < 1.29 is 24.9 Å². The lowest BCUT2D eigenvalue weighted by atomic mass is 9.32. The summed E-state index contributed by atoms with van der Waals surface area (Å²) in [7, 11) is 0. The molecule has 0 amide bonds. The maximum atomic E-state index is 11.7. The molecule has 0 aromatic carbocycles. The van der Waals surface area contributed by atoms with Crippen LogP contribution in [0.4, 0.5) is 0 Å². The summed E-state index contributed by atoms with van der Waals surface area (Å²) >= 11 is 0. The van der Waals surface area contributed by atoms with Crippen LogP contribution in [0.25, 0.3) is 0 Å². The number of esters is 1. The molecule has 11 atom stereocenters. The molecule has 0 radical (unpaired) electrons. The maximum absolute atomic E-state index is 11.7. The van der Waals surface area contributed by atoms with E-state index in [0.717, 1.165) is 56.9 Å². The van der Waals surface area contributed by atoms with E-state index in [0.29, 0.717) is 36.2 Å². The van der Waals surface area contributed by atoms with Gasteiger partial charge in [0.05, 0.1) is 19.3 Å². The average molecular weight is 517 g/mol. The molecule has 0 spiro atoms. The summed E-state index contributed by atoms with van der Waals surface area (Å²) in [6.07, 6.45) is 10.2. The summed E-state index contributed by atoms with van der Waals surface area (Å²) in [4.78, 5) is 11.7. The van der Waals surface area contributed by atoms with Crippen LogP contribution < -0.4 is 0 Å². The molecule has 0 aromatic rings. The van der Waals surface area contributed by atoms with Crippen LogP contribution in [-0.4, -0.2) is 47.2 Å². The molecule has 1 unspecified atom stereocenters. The molecule has 37 heavy (non-hydrogen) atoms. The number of rotatable bonds is 5. The first-order valence-electron chi connectivity index (χ1n) is 15.0. The molecular formula is C32H52O5. The minimum Gasteiger partial charge on any atom is -0.465 e. The largest absolute Gasteiger partial charge is 0.465 e. The van der Waals surface area contributed by atoms with E-state index >= 15 is 0 Å². The molecule has 3 N–H and O–H groups in total. The lowest BCUT2D eigenvalue weighted by Crippen LogP contribution is -2.67. The molecular weight excluding hydrogens is 464 g/mol. The molecule has 0 saturated heterocycles. The van der Waals surface area contributed by atoms with Crippen LogP contribution >= 0.6 is 0 Å². The van der Waals surface area contributed by atoms with Gasteiger partial charge in [0, 0.05) is 18.9 Å². The molecule has 0 bridgehead atoms. The maximum Gasteiger partial charge on any atom is 0.302 e. The summed E-state index contributed by atoms with van der Waals surface area (Å²) in [5, 5.41) is 32.0. The van der Waals surface area contributed by atoms with Crippen molar-refractivity contribution in [1.29, 1.82) is 0 Å². The number of carbonyl (C=O) groups is 1. The van der Waals surface area contributed by atoms with E-state index in [1.807, 2.05) is 0 Å². The Morgan fingerprint density at radius 1 is 0.892 bits per heavy atom. The van der Waals surface area contributed by atoms with Crippen LogP contribution in [0.1, 0.15) is 98.8 Å². The Kier molecular flexibility index (Phi) is 6.77. The first-order chi connectivity index (χ1) is 17.3. The standard InChI is InChI=1S/C32H52O5/c1-20(17-33)22-9-14-32(18-34)16-15-30(5)23(27(22)32)7-8-25-28(3)12-11-26(36)29(4,19-37-21(2)35)24(28)10-13-31(25,30)6/h22-27,33-34,36H,1,7-19H2,2-6H3/t22-,23+,24+,25+,26?,27+,28-,29-,30+,31+,32+/m0/s1. The van der Waals surface area contributed by atoms with E-state index in [9.17, 15) is 20.1 Å². The van der Waals surface area contributed by atoms with Gasteiger partial charge in [0.2, 0.25) is 0 Å². The van der Waals surface area contributed by atoms with Crippen molar-refractivity contribution in [2.24, 2.45) is 56.7 Å². The molecule has 5 nitrogen and oxygen atoms in total. The van der Waals surface area contributed by atoms with Gasteiger partial charge in [-0.25, -0.2) is 0 Å². The molecule has 5 aliphatic carbocycles. The first kappa shape index (κ1) is 27.6. The Morgan fingerprint density at radius 3 is 2.27 bits per heavy atom. The van der Waals surface area contributed by atoms with Crippen molar-refractivity contribution in [3.63, 3.8) is 0 Å². The Bertz CT molecular complexity index is 932. The third-order valence-corrected chi connectivity index (χ3v) is 14.0. The van der Waals surface area contributed by atoms with Gasteiger partial charge < -0.3 is 20.1 Å². The Balaban J connectivity index is 1.51. The summed E-state index contributed by atoms with van der Waals surface area (Å²) in [5.41, 5.74) is 0.995. The molecule has 210 valence electrons. The van der Waals surface area contributed by atoms with Crippen molar-refractivity contribution in [3.05, 3.63) is 12.2 Å². The van der Waals surface area contributed by atoms with Gasteiger partial charge in [-0.3, -0.25) is 4.79 Å². The second kappa shape index (κ2) is 9.06. The van der Waals surface area contributed by atoms with Gasteiger partial charge in [-0.2, -0.15) is 0 Å². The predicted molar refractivity (Wildman–Crippen MR) is 144 cm³/mol. The van der Waals surface area contributed by atoms with Gasteiger partial charge in [-0.05, 0) is 121 Å². The molecule has 5 aliphatic rings. The van der Waals surface area contributed by atoms with Crippen molar-refractivity contribution in [1.82, 2.24) is 0 Å². The van der Waals surface area contributed by atoms with E-state index in [1.165, 1.54) is 19.8 Å². The number of aliphatic hydroxyl groups is 3. The van der Waals surface area contributed by atoms with E-state index in [1.54, 1.807) is 0 Å². The minimum atomic E-state index is -0.440. The van der Waals surface area contributed by atoms with E-state index in [-0.39, 0.29) is 40.8 Å². The van der Waals surface area contributed by atoms with Gasteiger partial charge >= 0.3 is 5.97 Å². The second-order valence-corrected chi connectivity index (χ2v) is 15.0. The number of ether oxygens (including phenoxy) is 1. The molecule has 5 heteroatoms. The fourth-order valence-electron chi connectivity index (χ4n) is 11.8. The summed E-state index contributed by atoms with van der Waals surface area (Å²) < 4.78 is 5.58. The number of hydrogen-bond donors (Lipinski definition) is 3. The number of hydrogen-bond acceptors (Lipinski definition) is 5. The Labute approximate surface area is 224 Å². The van der Waals surface area contributed by atoms with Gasteiger partial charge in [-0.15, -0.1) is 0 Å². The zero-order valence-corrected chi connectivity index (χ0v) is 24.0. The number of aliphatic hydroxyl groups excluding tert-OH is 3. The van der Waals surface area contributed by atoms with E-state index in [4.69, 9.17) is 4.74 Å². The van der Waals surface area contributed by atoms with Gasteiger partial charge in [0.25, 0.3) is 0 Å². The zero-order chi connectivity index (χ0) is 27.0.